The van der Waals surface area contributed by atoms with E-state index in [1.807, 2.05) is 17.7 Å². The minimum absolute atomic E-state index is 0.0378. The van der Waals surface area contributed by atoms with Gasteiger partial charge in [0.05, 0.1) is 12.2 Å². The molecule has 1 N–H and O–H groups in total. The van der Waals surface area contributed by atoms with Crippen LogP contribution in [0.2, 0.25) is 0 Å². The molecular formula is C17H24N4OS. The van der Waals surface area contributed by atoms with E-state index in [4.69, 9.17) is 0 Å². The summed E-state index contributed by atoms with van der Waals surface area (Å²) in [6, 6.07) is 6.55. The molecule has 2 atom stereocenters. The van der Waals surface area contributed by atoms with Crippen molar-refractivity contribution in [2.24, 2.45) is 0 Å². The Labute approximate surface area is 141 Å². The highest BCUT2D eigenvalue weighted by atomic mass is 32.1. The predicted octanol–water partition coefficient (Wildman–Crippen LogP) is 3.69. The van der Waals surface area contributed by atoms with Crippen molar-refractivity contribution in [1.82, 2.24) is 14.7 Å². The van der Waals surface area contributed by atoms with Gasteiger partial charge in [0.2, 0.25) is 5.91 Å². The maximum Gasteiger partial charge on any atom is 0.242 e. The highest BCUT2D eigenvalue weighted by Gasteiger charge is 2.33. The van der Waals surface area contributed by atoms with Gasteiger partial charge < -0.3 is 5.32 Å². The number of thiophene rings is 1. The lowest BCUT2D eigenvalue weighted by atomic mass is 10.1. The summed E-state index contributed by atoms with van der Waals surface area (Å²) in [4.78, 5) is 16.4. The van der Waals surface area contributed by atoms with E-state index < -0.39 is 0 Å². The monoisotopic (exact) mass is 332 g/mol. The van der Waals surface area contributed by atoms with Crippen molar-refractivity contribution in [2.45, 2.75) is 51.7 Å². The highest BCUT2D eigenvalue weighted by Crippen LogP contribution is 2.36. The molecular weight excluding hydrogens is 308 g/mol. The standard InChI is InChI=1S/C17H24N4OS/c1-12(2)21-16(8-9-18-21)19-17(22)13(3)20-10-4-6-14(20)15-7-5-11-23-15/h5,7-9,11-14H,4,6,10H2,1-3H3,(H,19,22)/t13-,14+/m0/s1. The van der Waals surface area contributed by atoms with Crippen molar-refractivity contribution >= 4 is 23.1 Å². The topological polar surface area (TPSA) is 50.2 Å². The number of nitrogens with one attached hydrogen (secondary N) is 1. The molecule has 2 aromatic rings. The number of nitrogens with zero attached hydrogens (tertiary/aromatic N) is 3. The number of anilines is 1. The summed E-state index contributed by atoms with van der Waals surface area (Å²) in [5.74, 6) is 0.805. The van der Waals surface area contributed by atoms with Crippen LogP contribution in [0, 0.1) is 0 Å². The maximum atomic E-state index is 12.7. The van der Waals surface area contributed by atoms with Gasteiger partial charge in [0.25, 0.3) is 0 Å². The van der Waals surface area contributed by atoms with Gasteiger partial charge in [0.1, 0.15) is 5.82 Å². The van der Waals surface area contributed by atoms with Gasteiger partial charge in [-0.1, -0.05) is 6.07 Å². The fraction of sp³-hybridized carbons (Fsp3) is 0.529. The van der Waals surface area contributed by atoms with Crippen LogP contribution in [-0.2, 0) is 4.79 Å². The molecule has 23 heavy (non-hydrogen) atoms. The van der Waals surface area contributed by atoms with Gasteiger partial charge in [-0.3, -0.25) is 9.69 Å². The maximum absolute atomic E-state index is 12.7. The number of amides is 1. The normalized spacial score (nSPS) is 20.1. The zero-order valence-corrected chi connectivity index (χ0v) is 14.7. The molecule has 0 aliphatic carbocycles. The van der Waals surface area contributed by atoms with Crippen LogP contribution in [-0.4, -0.2) is 33.2 Å². The molecule has 1 saturated heterocycles. The molecule has 0 unspecified atom stereocenters. The summed E-state index contributed by atoms with van der Waals surface area (Å²) < 4.78 is 1.84. The lowest BCUT2D eigenvalue weighted by Gasteiger charge is -2.29. The summed E-state index contributed by atoms with van der Waals surface area (Å²) in [6.07, 6.45) is 4.00. The largest absolute Gasteiger partial charge is 0.310 e. The lowest BCUT2D eigenvalue weighted by Crippen LogP contribution is -2.41. The van der Waals surface area contributed by atoms with E-state index in [0.717, 1.165) is 25.2 Å². The van der Waals surface area contributed by atoms with Crippen molar-refractivity contribution < 1.29 is 4.79 Å². The molecule has 3 heterocycles. The van der Waals surface area contributed by atoms with Crippen LogP contribution in [0.3, 0.4) is 0 Å². The summed E-state index contributed by atoms with van der Waals surface area (Å²) in [7, 11) is 0. The molecule has 1 aliphatic rings. The highest BCUT2D eigenvalue weighted by molar-refractivity contribution is 7.10. The first-order valence-corrected chi connectivity index (χ1v) is 9.09. The van der Waals surface area contributed by atoms with E-state index in [0.29, 0.717) is 6.04 Å². The summed E-state index contributed by atoms with van der Waals surface area (Å²) in [6.45, 7) is 7.08. The molecule has 0 aromatic carbocycles. The quantitative estimate of drug-likeness (QED) is 0.908. The predicted molar refractivity (Wildman–Crippen MR) is 93.7 cm³/mol. The number of likely N-dealkylation sites (tertiary alicyclic amines) is 1. The molecule has 1 fully saturated rings. The number of carbonyl (C=O) groups excluding carboxylic acids is 1. The average molecular weight is 332 g/mol. The van der Waals surface area contributed by atoms with Crippen LogP contribution >= 0.6 is 11.3 Å². The molecule has 1 amide bonds. The lowest BCUT2D eigenvalue weighted by molar-refractivity contribution is -0.121. The Hall–Kier alpha value is -1.66. The number of hydrogen-bond donors (Lipinski definition) is 1. The van der Waals surface area contributed by atoms with Crippen LogP contribution in [0.4, 0.5) is 5.82 Å². The van der Waals surface area contributed by atoms with Gasteiger partial charge >= 0.3 is 0 Å². The van der Waals surface area contributed by atoms with E-state index in [1.54, 1.807) is 17.5 Å². The molecule has 5 nitrogen and oxygen atoms in total. The molecule has 124 valence electrons. The second-order valence-corrected chi connectivity index (χ2v) is 7.31. The molecule has 1 aliphatic heterocycles. The van der Waals surface area contributed by atoms with Crippen molar-refractivity contribution in [3.8, 4) is 0 Å². The first-order valence-electron chi connectivity index (χ1n) is 8.21. The van der Waals surface area contributed by atoms with Crippen LogP contribution in [0.5, 0.6) is 0 Å². The van der Waals surface area contributed by atoms with Gasteiger partial charge in [-0.25, -0.2) is 4.68 Å². The Morgan fingerprint density at radius 1 is 1.39 bits per heavy atom. The molecule has 0 saturated carbocycles. The van der Waals surface area contributed by atoms with Crippen LogP contribution < -0.4 is 5.32 Å². The second-order valence-electron chi connectivity index (χ2n) is 6.33. The summed E-state index contributed by atoms with van der Waals surface area (Å²) >= 11 is 1.78. The van der Waals surface area contributed by atoms with Crippen molar-refractivity contribution in [1.29, 1.82) is 0 Å². The summed E-state index contributed by atoms with van der Waals surface area (Å²) in [5.41, 5.74) is 0. The van der Waals surface area contributed by atoms with Gasteiger partial charge in [0.15, 0.2) is 0 Å². The fourth-order valence-electron chi connectivity index (χ4n) is 3.25. The minimum atomic E-state index is -0.153. The first-order chi connectivity index (χ1) is 11.1. The first kappa shape index (κ1) is 16.2. The van der Waals surface area contributed by atoms with Gasteiger partial charge in [-0.15, -0.1) is 11.3 Å². The summed E-state index contributed by atoms with van der Waals surface area (Å²) in [5, 5.41) is 9.42. The third-order valence-corrected chi connectivity index (χ3v) is 5.43. The van der Waals surface area contributed by atoms with Crippen LogP contribution in [0.1, 0.15) is 50.6 Å². The molecule has 3 rings (SSSR count). The second kappa shape index (κ2) is 6.84. The van der Waals surface area contributed by atoms with Crippen LogP contribution in [0.25, 0.3) is 0 Å². The number of hydrogen-bond acceptors (Lipinski definition) is 4. The average Bonchev–Trinajstić information content (AvgIpc) is 3.26. The van der Waals surface area contributed by atoms with Crippen molar-refractivity contribution in [3.63, 3.8) is 0 Å². The third-order valence-electron chi connectivity index (χ3n) is 4.45. The van der Waals surface area contributed by atoms with E-state index in [-0.39, 0.29) is 18.0 Å². The SMILES string of the molecule is CC(C)n1nccc1NC(=O)[C@H](C)N1CCC[C@@H]1c1cccs1. The van der Waals surface area contributed by atoms with Gasteiger partial charge in [0, 0.05) is 23.0 Å². The Balaban J connectivity index is 1.70. The number of carbonyl (C=O) groups is 1. The zero-order chi connectivity index (χ0) is 16.4. The smallest absolute Gasteiger partial charge is 0.242 e. The molecule has 0 radical (unpaired) electrons. The molecule has 2 aromatic heterocycles. The van der Waals surface area contributed by atoms with Crippen molar-refractivity contribution in [2.75, 3.05) is 11.9 Å². The van der Waals surface area contributed by atoms with E-state index >= 15 is 0 Å². The van der Waals surface area contributed by atoms with Crippen LogP contribution in [0.15, 0.2) is 29.8 Å². The van der Waals surface area contributed by atoms with E-state index in [9.17, 15) is 4.79 Å². The van der Waals surface area contributed by atoms with E-state index in [2.05, 4.69) is 46.7 Å². The number of aromatic nitrogens is 2. The minimum Gasteiger partial charge on any atom is -0.310 e. The molecule has 6 heteroatoms. The van der Waals surface area contributed by atoms with Gasteiger partial charge in [-0.05, 0) is 51.6 Å². The van der Waals surface area contributed by atoms with Gasteiger partial charge in [-0.2, -0.15) is 5.10 Å². The Kier molecular flexibility index (Phi) is 4.82. The number of rotatable bonds is 5. The fourth-order valence-corrected chi connectivity index (χ4v) is 4.13. The molecule has 0 spiro atoms. The zero-order valence-electron chi connectivity index (χ0n) is 13.9. The third kappa shape index (κ3) is 3.33. The van der Waals surface area contributed by atoms with Crippen molar-refractivity contribution in [3.05, 3.63) is 34.7 Å². The Morgan fingerprint density at radius 3 is 2.91 bits per heavy atom. The Morgan fingerprint density at radius 2 is 2.22 bits per heavy atom. The Bertz CT molecular complexity index is 649. The molecule has 0 bridgehead atoms. The van der Waals surface area contributed by atoms with E-state index in [1.165, 1.54) is 4.88 Å².